The van der Waals surface area contributed by atoms with E-state index in [1.54, 1.807) is 9.34 Å². The van der Waals surface area contributed by atoms with Crippen molar-refractivity contribution in [1.29, 1.82) is 0 Å². The van der Waals surface area contributed by atoms with Gasteiger partial charge in [-0.1, -0.05) is 32.0 Å². The van der Waals surface area contributed by atoms with E-state index < -0.39 is 37.4 Å². The molecule has 0 bridgehead atoms. The molecule has 0 unspecified atom stereocenters. The van der Waals surface area contributed by atoms with Gasteiger partial charge in [0.2, 0.25) is 7.44 Å². The Kier molecular flexibility index (Phi) is 9.06. The molecule has 1 N–H and O–H groups in total. The smallest absolute Gasteiger partial charge is 0.346 e. The Morgan fingerprint density at radius 2 is 1.51 bits per heavy atom. The quantitative estimate of drug-likeness (QED) is 0.301. The predicted molar refractivity (Wildman–Crippen MR) is 142 cm³/mol. The van der Waals surface area contributed by atoms with Crippen LogP contribution in [-0.2, 0) is 29.8 Å². The summed E-state index contributed by atoms with van der Waals surface area (Å²) in [5.41, 5.74) is 0.483. The second-order valence-electron chi connectivity index (χ2n) is 9.51. The van der Waals surface area contributed by atoms with Crippen LogP contribution in [0.15, 0.2) is 24.3 Å². The van der Waals surface area contributed by atoms with Crippen LogP contribution < -0.4 is 0 Å². The Hall–Kier alpha value is -2.26. The van der Waals surface area contributed by atoms with Crippen molar-refractivity contribution in [2.45, 2.75) is 70.6 Å². The summed E-state index contributed by atoms with van der Waals surface area (Å²) in [7, 11) is -3.65. The van der Waals surface area contributed by atoms with Crippen molar-refractivity contribution in [3.63, 3.8) is 0 Å². The molecule has 3 heterocycles. The maximum absolute atomic E-state index is 15.3. The number of carboxylic acid groups (broad SMARTS) is 1. The zero-order valence-corrected chi connectivity index (χ0v) is 23.1. The van der Waals surface area contributed by atoms with Gasteiger partial charge in [0, 0.05) is 17.8 Å². The van der Waals surface area contributed by atoms with Crippen LogP contribution in [0, 0.1) is 0 Å². The van der Waals surface area contributed by atoms with Gasteiger partial charge < -0.3 is 14.6 Å². The summed E-state index contributed by atoms with van der Waals surface area (Å²) in [5, 5.41) is 10.7. The number of fused-ring (bicyclic) bond motifs is 1. The maximum Gasteiger partial charge on any atom is 0.346 e. The van der Waals surface area contributed by atoms with Gasteiger partial charge in [-0.15, -0.1) is 11.3 Å². The van der Waals surface area contributed by atoms with Gasteiger partial charge in [-0.05, 0) is 55.5 Å². The highest BCUT2D eigenvalue weighted by atomic mass is 32.1. The van der Waals surface area contributed by atoms with E-state index in [0.717, 1.165) is 21.4 Å². The van der Waals surface area contributed by atoms with Crippen LogP contribution >= 0.6 is 18.8 Å². The lowest BCUT2D eigenvalue weighted by Gasteiger charge is -2.40. The number of ether oxygens (including phenoxy) is 2. The Morgan fingerprint density at radius 1 is 0.973 bits per heavy atom. The molecule has 1 aromatic heterocycles. The van der Waals surface area contributed by atoms with E-state index >= 15 is 4.57 Å². The predicted octanol–water partition coefficient (Wildman–Crippen LogP) is 5.13. The minimum atomic E-state index is -3.65. The monoisotopic (exact) mass is 550 g/mol. The third-order valence-corrected chi connectivity index (χ3v) is 11.4. The Morgan fingerprint density at radius 3 is 2.03 bits per heavy atom. The summed E-state index contributed by atoms with van der Waals surface area (Å²) in [6.07, 6.45) is 3.60. The summed E-state index contributed by atoms with van der Waals surface area (Å²) in [6, 6.07) is 5.95. The SMILES string of the molecule is CCCOC(=O)[C@@H]1CCCN1P(=O)(Cc1c(C(=O)O)sc2ccccc12)N1CCC[C@H]1C(=O)OCCC. The fourth-order valence-corrected chi connectivity index (χ4v) is 10.1. The molecule has 2 atom stereocenters. The van der Waals surface area contributed by atoms with E-state index in [0.29, 0.717) is 57.2 Å². The van der Waals surface area contributed by atoms with Gasteiger partial charge in [0.15, 0.2) is 0 Å². The lowest BCUT2D eigenvalue weighted by molar-refractivity contribution is -0.147. The number of esters is 2. The lowest BCUT2D eigenvalue weighted by atomic mass is 10.1. The van der Waals surface area contributed by atoms with Crippen molar-refractivity contribution in [3.8, 4) is 0 Å². The maximum atomic E-state index is 15.3. The van der Waals surface area contributed by atoms with Crippen molar-refractivity contribution < 1.29 is 33.5 Å². The van der Waals surface area contributed by atoms with Gasteiger partial charge in [0.25, 0.3) is 0 Å². The van der Waals surface area contributed by atoms with E-state index in [-0.39, 0.29) is 24.3 Å². The van der Waals surface area contributed by atoms with Crippen LogP contribution in [-0.4, -0.2) is 70.7 Å². The van der Waals surface area contributed by atoms with E-state index in [9.17, 15) is 19.5 Å². The van der Waals surface area contributed by atoms with Crippen molar-refractivity contribution in [3.05, 3.63) is 34.7 Å². The lowest BCUT2D eigenvalue weighted by Crippen LogP contribution is -2.44. The van der Waals surface area contributed by atoms with Crippen molar-refractivity contribution in [2.24, 2.45) is 0 Å². The number of hydrogen-bond donors (Lipinski definition) is 1. The Balaban J connectivity index is 1.79. The fourth-order valence-electron chi connectivity index (χ4n) is 5.29. The van der Waals surface area contributed by atoms with Crippen molar-refractivity contribution in [1.82, 2.24) is 9.34 Å². The van der Waals surface area contributed by atoms with Gasteiger partial charge in [0.1, 0.15) is 17.0 Å². The molecule has 1 aromatic carbocycles. The summed E-state index contributed by atoms with van der Waals surface area (Å²) in [4.78, 5) is 38.5. The molecule has 2 aliphatic rings. The molecule has 2 aromatic rings. The average molecular weight is 551 g/mol. The van der Waals surface area contributed by atoms with Crippen LogP contribution in [0.2, 0.25) is 0 Å². The standard InChI is InChI=1S/C26H35N2O7PS/c1-3-15-34-25(31)20-10-7-13-27(20)36(33,28-14-8-11-21(28)26(32)35-16-4-2)17-19-18-9-5-6-12-22(18)37-23(19)24(29)30/h5-6,9,12,20-21H,3-4,7-8,10-11,13-17H2,1-2H3,(H,29,30)/t20-,21-/m0/s1. The summed E-state index contributed by atoms with van der Waals surface area (Å²) in [6.45, 7) is 5.19. The molecule has 9 nitrogen and oxygen atoms in total. The van der Waals surface area contributed by atoms with Crippen molar-refractivity contribution >= 4 is 46.8 Å². The van der Waals surface area contributed by atoms with Gasteiger partial charge in [-0.2, -0.15) is 0 Å². The first-order valence-electron chi connectivity index (χ1n) is 13.0. The molecule has 0 amide bonds. The molecule has 37 heavy (non-hydrogen) atoms. The number of hydrogen-bond acceptors (Lipinski definition) is 7. The number of rotatable bonds is 11. The summed E-state index contributed by atoms with van der Waals surface area (Å²) >= 11 is 1.15. The van der Waals surface area contributed by atoms with E-state index in [2.05, 4.69) is 0 Å². The molecule has 0 aliphatic carbocycles. The Bertz CT molecular complexity index is 1160. The minimum absolute atomic E-state index is 0.0756. The third kappa shape index (κ3) is 5.62. The van der Waals surface area contributed by atoms with Crippen LogP contribution in [0.4, 0.5) is 0 Å². The second-order valence-corrected chi connectivity index (χ2v) is 13.2. The zero-order chi connectivity index (χ0) is 26.6. The first kappa shape index (κ1) is 27.8. The molecular formula is C26H35N2O7PS. The molecular weight excluding hydrogens is 515 g/mol. The van der Waals surface area contributed by atoms with Crippen LogP contribution in [0.3, 0.4) is 0 Å². The van der Waals surface area contributed by atoms with E-state index in [4.69, 9.17) is 9.47 Å². The van der Waals surface area contributed by atoms with Crippen LogP contribution in [0.1, 0.15) is 67.6 Å². The number of carbonyl (C=O) groups excluding carboxylic acids is 2. The molecule has 2 saturated heterocycles. The number of benzene rings is 1. The molecule has 2 aliphatic heterocycles. The first-order valence-corrected chi connectivity index (χ1v) is 15.6. The topological polar surface area (TPSA) is 113 Å². The largest absolute Gasteiger partial charge is 0.477 e. The van der Waals surface area contributed by atoms with Crippen LogP contribution in [0.25, 0.3) is 10.1 Å². The zero-order valence-electron chi connectivity index (χ0n) is 21.4. The third-order valence-electron chi connectivity index (χ3n) is 6.95. The van der Waals surface area contributed by atoms with E-state index in [1.807, 2.05) is 38.1 Å². The molecule has 0 spiro atoms. The van der Waals surface area contributed by atoms with Gasteiger partial charge in [0.05, 0.1) is 19.4 Å². The molecule has 202 valence electrons. The fraction of sp³-hybridized carbons (Fsp3) is 0.577. The number of nitrogens with zero attached hydrogens (tertiary/aromatic N) is 2. The minimum Gasteiger partial charge on any atom is -0.477 e. The number of thiophene rings is 1. The molecule has 4 rings (SSSR count). The van der Waals surface area contributed by atoms with Gasteiger partial charge in [-0.25, -0.2) is 14.1 Å². The molecule has 2 fully saturated rings. The normalized spacial score (nSPS) is 20.9. The number of carbonyl (C=O) groups is 3. The first-order chi connectivity index (χ1) is 17.8. The van der Waals surface area contributed by atoms with Crippen molar-refractivity contribution in [2.75, 3.05) is 26.3 Å². The van der Waals surface area contributed by atoms with Gasteiger partial charge in [-0.3, -0.25) is 14.2 Å². The second kappa shape index (κ2) is 12.1. The van der Waals surface area contributed by atoms with E-state index in [1.165, 1.54) is 0 Å². The average Bonchev–Trinajstić information content (AvgIpc) is 3.65. The van der Waals surface area contributed by atoms with Crippen LogP contribution in [0.5, 0.6) is 0 Å². The number of carboxylic acids is 1. The highest BCUT2D eigenvalue weighted by Crippen LogP contribution is 2.62. The van der Waals surface area contributed by atoms with Gasteiger partial charge >= 0.3 is 17.9 Å². The highest BCUT2D eigenvalue weighted by Gasteiger charge is 2.51. The summed E-state index contributed by atoms with van der Waals surface area (Å²) < 4.78 is 30.5. The molecule has 0 saturated carbocycles. The summed E-state index contributed by atoms with van der Waals surface area (Å²) in [5.74, 6) is -1.92. The highest BCUT2D eigenvalue weighted by molar-refractivity contribution is 7.58. The Labute approximate surface area is 221 Å². The molecule has 11 heteroatoms. The number of aromatic carboxylic acids is 1. The molecule has 0 radical (unpaired) electrons.